The third kappa shape index (κ3) is 6.72. The first-order valence-electron chi connectivity index (χ1n) is 9.20. The highest BCUT2D eigenvalue weighted by atomic mass is 16.5. The molecule has 134 valence electrons. The van der Waals surface area contributed by atoms with Gasteiger partial charge in [0.2, 0.25) is 11.8 Å². The second-order valence-corrected chi connectivity index (χ2v) is 6.56. The van der Waals surface area contributed by atoms with Gasteiger partial charge in [-0.25, -0.2) is 0 Å². The van der Waals surface area contributed by atoms with Gasteiger partial charge in [0.1, 0.15) is 12.8 Å². The molecule has 1 heterocycles. The van der Waals surface area contributed by atoms with Gasteiger partial charge in [0.05, 0.1) is 0 Å². The van der Waals surface area contributed by atoms with Gasteiger partial charge >= 0.3 is 0 Å². The number of nitrogens with one attached hydrogen (secondary N) is 1. The first-order chi connectivity index (χ1) is 11.7. The minimum absolute atomic E-state index is 0.0985. The van der Waals surface area contributed by atoms with Crippen LogP contribution in [0.4, 0.5) is 5.82 Å². The fourth-order valence-corrected chi connectivity index (χ4v) is 2.80. The molecular weight excluding hydrogens is 306 g/mol. The number of amides is 2. The van der Waals surface area contributed by atoms with E-state index in [-0.39, 0.29) is 24.4 Å². The molecule has 6 heteroatoms. The largest absolute Gasteiger partial charge is 0.363 e. The third-order valence-corrected chi connectivity index (χ3v) is 4.32. The Bertz CT molecular complexity index is 498. The molecule has 1 aromatic rings. The van der Waals surface area contributed by atoms with Crippen molar-refractivity contribution in [1.29, 1.82) is 0 Å². The van der Waals surface area contributed by atoms with E-state index in [4.69, 9.17) is 0 Å². The van der Waals surface area contributed by atoms with Crippen LogP contribution in [0, 0.1) is 0 Å². The summed E-state index contributed by atoms with van der Waals surface area (Å²) in [4.78, 5) is 26.2. The minimum Gasteiger partial charge on any atom is -0.363 e. The van der Waals surface area contributed by atoms with Crippen LogP contribution in [0.5, 0.6) is 0 Å². The summed E-state index contributed by atoms with van der Waals surface area (Å²) in [5.41, 5.74) is 0. The average molecular weight is 335 g/mol. The van der Waals surface area contributed by atoms with Crippen LogP contribution >= 0.6 is 0 Å². The van der Waals surface area contributed by atoms with Crippen LogP contribution in [0.15, 0.2) is 16.9 Å². The van der Waals surface area contributed by atoms with Crippen LogP contribution < -0.4 is 5.32 Å². The van der Waals surface area contributed by atoms with Gasteiger partial charge in [-0.3, -0.25) is 9.59 Å². The lowest BCUT2D eigenvalue weighted by atomic mass is 10.1. The Morgan fingerprint density at radius 2 is 1.92 bits per heavy atom. The second kappa shape index (κ2) is 10.1. The van der Waals surface area contributed by atoms with Crippen molar-refractivity contribution in [3.8, 4) is 0 Å². The summed E-state index contributed by atoms with van der Waals surface area (Å²) in [6.07, 6.45) is 12.3. The quantitative estimate of drug-likeness (QED) is 0.590. The Labute approximate surface area is 143 Å². The van der Waals surface area contributed by atoms with Gasteiger partial charge in [-0.15, -0.1) is 0 Å². The molecule has 0 saturated heterocycles. The van der Waals surface area contributed by atoms with Gasteiger partial charge < -0.3 is 14.7 Å². The Morgan fingerprint density at radius 3 is 2.54 bits per heavy atom. The van der Waals surface area contributed by atoms with Crippen LogP contribution in [0.3, 0.4) is 0 Å². The van der Waals surface area contributed by atoms with Gasteiger partial charge in [0.15, 0.2) is 5.82 Å². The topological polar surface area (TPSA) is 75.4 Å². The number of nitrogens with zero attached hydrogens (tertiary/aromatic N) is 2. The van der Waals surface area contributed by atoms with Crippen LogP contribution in [-0.2, 0) is 9.59 Å². The molecule has 1 aliphatic carbocycles. The third-order valence-electron chi connectivity index (χ3n) is 4.32. The lowest BCUT2D eigenvalue weighted by Gasteiger charge is -2.21. The maximum absolute atomic E-state index is 12.4. The van der Waals surface area contributed by atoms with Gasteiger partial charge in [0, 0.05) is 18.5 Å². The molecule has 0 radical (unpaired) electrons. The van der Waals surface area contributed by atoms with Crippen LogP contribution in [0.2, 0.25) is 0 Å². The molecule has 1 N–H and O–H groups in total. The molecule has 24 heavy (non-hydrogen) atoms. The number of carbonyl (C=O) groups excluding carboxylic acids is 2. The normalized spacial score (nSPS) is 13.7. The number of aromatic nitrogens is 1. The molecule has 1 aliphatic rings. The molecule has 0 atom stereocenters. The highest BCUT2D eigenvalue weighted by Crippen LogP contribution is 2.27. The molecule has 0 spiro atoms. The van der Waals surface area contributed by atoms with Crippen molar-refractivity contribution in [3.05, 3.63) is 12.3 Å². The van der Waals surface area contributed by atoms with E-state index in [9.17, 15) is 9.59 Å². The number of anilines is 1. The lowest BCUT2D eigenvalue weighted by Crippen LogP contribution is -2.39. The Morgan fingerprint density at radius 1 is 1.21 bits per heavy atom. The lowest BCUT2D eigenvalue weighted by molar-refractivity contribution is -0.135. The summed E-state index contributed by atoms with van der Waals surface area (Å²) in [6, 6.07) is 1.82. The maximum Gasteiger partial charge on any atom is 0.245 e. The van der Waals surface area contributed by atoms with E-state index in [2.05, 4.69) is 21.9 Å². The summed E-state index contributed by atoms with van der Waals surface area (Å²) in [5, 5.41) is 6.30. The fraction of sp³-hybridized carbons (Fsp3) is 0.722. The summed E-state index contributed by atoms with van der Waals surface area (Å²) in [7, 11) is 0. The average Bonchev–Trinajstić information content (AvgIpc) is 3.28. The van der Waals surface area contributed by atoms with Crippen LogP contribution in [0.25, 0.3) is 0 Å². The summed E-state index contributed by atoms with van der Waals surface area (Å²) >= 11 is 0. The van der Waals surface area contributed by atoms with Gasteiger partial charge in [-0.05, 0) is 19.3 Å². The summed E-state index contributed by atoms with van der Waals surface area (Å²) in [6.45, 7) is 2.32. The first kappa shape index (κ1) is 18.5. The van der Waals surface area contributed by atoms with Crippen molar-refractivity contribution in [2.45, 2.75) is 77.2 Å². The van der Waals surface area contributed by atoms with Crippen LogP contribution in [-0.4, -0.2) is 34.5 Å². The van der Waals surface area contributed by atoms with E-state index >= 15 is 0 Å². The Balaban J connectivity index is 1.66. The van der Waals surface area contributed by atoms with Gasteiger partial charge in [-0.2, -0.15) is 0 Å². The molecule has 1 saturated carbocycles. The van der Waals surface area contributed by atoms with E-state index in [1.165, 1.54) is 38.4 Å². The SMILES string of the molecule is CCCCCCCCCC(=O)N(CC(=O)Nc1ccon1)C1CC1. The number of carbonyl (C=O) groups is 2. The molecule has 0 aliphatic heterocycles. The highest BCUT2D eigenvalue weighted by Gasteiger charge is 2.33. The molecule has 0 bridgehead atoms. The van der Waals surface area contributed by atoms with Crippen LogP contribution in [0.1, 0.15) is 71.1 Å². The Hall–Kier alpha value is -1.85. The van der Waals surface area contributed by atoms with Crippen molar-refractivity contribution in [3.63, 3.8) is 0 Å². The number of hydrogen-bond acceptors (Lipinski definition) is 4. The number of hydrogen-bond donors (Lipinski definition) is 1. The predicted molar refractivity (Wildman–Crippen MR) is 92.5 cm³/mol. The van der Waals surface area contributed by atoms with Gasteiger partial charge in [-0.1, -0.05) is 50.6 Å². The van der Waals surface area contributed by atoms with Crippen molar-refractivity contribution in [2.24, 2.45) is 0 Å². The van der Waals surface area contributed by atoms with E-state index < -0.39 is 0 Å². The second-order valence-electron chi connectivity index (χ2n) is 6.56. The number of rotatable bonds is 12. The smallest absolute Gasteiger partial charge is 0.245 e. The molecule has 2 amide bonds. The van der Waals surface area contributed by atoms with Crippen molar-refractivity contribution in [1.82, 2.24) is 10.1 Å². The minimum atomic E-state index is -0.219. The van der Waals surface area contributed by atoms with E-state index in [1.54, 1.807) is 11.0 Å². The van der Waals surface area contributed by atoms with Gasteiger partial charge in [0.25, 0.3) is 0 Å². The Kier molecular flexibility index (Phi) is 7.79. The monoisotopic (exact) mass is 335 g/mol. The van der Waals surface area contributed by atoms with Crippen molar-refractivity contribution >= 4 is 17.6 Å². The zero-order valence-corrected chi connectivity index (χ0v) is 14.6. The van der Waals surface area contributed by atoms with Crippen molar-refractivity contribution < 1.29 is 14.1 Å². The highest BCUT2D eigenvalue weighted by molar-refractivity contribution is 5.93. The fourth-order valence-electron chi connectivity index (χ4n) is 2.80. The predicted octanol–water partition coefficient (Wildman–Crippen LogP) is 3.74. The molecular formula is C18H29N3O3. The zero-order valence-electron chi connectivity index (χ0n) is 14.6. The molecule has 0 aromatic carbocycles. The maximum atomic E-state index is 12.4. The van der Waals surface area contributed by atoms with E-state index in [0.29, 0.717) is 12.2 Å². The molecule has 1 fully saturated rings. The molecule has 1 aromatic heterocycles. The molecule has 2 rings (SSSR count). The summed E-state index contributed by atoms with van der Waals surface area (Å²) in [5.74, 6) is 0.264. The summed E-state index contributed by atoms with van der Waals surface area (Å²) < 4.78 is 4.68. The van der Waals surface area contributed by atoms with E-state index in [0.717, 1.165) is 25.7 Å². The number of unbranched alkanes of at least 4 members (excludes halogenated alkanes) is 6. The standard InChI is InChI=1S/C18H29N3O3/c1-2-3-4-5-6-7-8-9-18(23)21(15-10-11-15)14-17(22)19-16-12-13-24-20-16/h12-13,15H,2-11,14H2,1H3,(H,19,20,22). The zero-order chi connectivity index (χ0) is 17.2. The first-order valence-corrected chi connectivity index (χ1v) is 9.20. The van der Waals surface area contributed by atoms with Crippen molar-refractivity contribution in [2.75, 3.05) is 11.9 Å². The van der Waals surface area contributed by atoms with E-state index in [1.807, 2.05) is 0 Å². The molecule has 0 unspecified atom stereocenters. The molecule has 6 nitrogen and oxygen atoms in total.